The minimum absolute atomic E-state index is 0.0655. The second kappa shape index (κ2) is 6.52. The Morgan fingerprint density at radius 3 is 2.75 bits per heavy atom. The summed E-state index contributed by atoms with van der Waals surface area (Å²) in [6.07, 6.45) is 0.572. The van der Waals surface area contributed by atoms with Crippen molar-refractivity contribution in [2.75, 3.05) is 18.4 Å². The molecular formula is C15H21N3O2. The van der Waals surface area contributed by atoms with Gasteiger partial charge in [-0.05, 0) is 43.6 Å². The van der Waals surface area contributed by atoms with Gasteiger partial charge < -0.3 is 16.0 Å². The van der Waals surface area contributed by atoms with Crippen LogP contribution in [0.5, 0.6) is 0 Å². The van der Waals surface area contributed by atoms with E-state index >= 15 is 0 Å². The minimum Gasteiger partial charge on any atom is -0.350 e. The molecule has 0 aliphatic carbocycles. The van der Waals surface area contributed by atoms with E-state index < -0.39 is 0 Å². The predicted octanol–water partition coefficient (Wildman–Crippen LogP) is 1.43. The molecule has 1 aliphatic heterocycles. The van der Waals surface area contributed by atoms with Gasteiger partial charge in [-0.15, -0.1) is 0 Å². The van der Waals surface area contributed by atoms with Crippen LogP contribution < -0.4 is 16.0 Å². The lowest BCUT2D eigenvalue weighted by Crippen LogP contribution is -2.44. The van der Waals surface area contributed by atoms with Gasteiger partial charge in [-0.2, -0.15) is 0 Å². The van der Waals surface area contributed by atoms with Crippen molar-refractivity contribution in [3.63, 3.8) is 0 Å². The summed E-state index contributed by atoms with van der Waals surface area (Å²) in [7, 11) is 0. The summed E-state index contributed by atoms with van der Waals surface area (Å²) >= 11 is 0. The maximum atomic E-state index is 11.9. The van der Waals surface area contributed by atoms with E-state index in [1.165, 1.54) is 6.92 Å². The lowest BCUT2D eigenvalue weighted by atomic mass is 9.98. The SMILES string of the molecule is CC(=O)Nc1cccc(C(C)NC(=O)CC2CNC2)c1. The Morgan fingerprint density at radius 2 is 2.15 bits per heavy atom. The van der Waals surface area contributed by atoms with Gasteiger partial charge >= 0.3 is 0 Å². The Hall–Kier alpha value is -1.88. The van der Waals surface area contributed by atoms with Gasteiger partial charge in [0.25, 0.3) is 0 Å². The molecule has 5 nitrogen and oxygen atoms in total. The van der Waals surface area contributed by atoms with Crippen LogP contribution in [0.2, 0.25) is 0 Å². The smallest absolute Gasteiger partial charge is 0.221 e. The monoisotopic (exact) mass is 275 g/mol. The van der Waals surface area contributed by atoms with Crippen LogP contribution in [0.3, 0.4) is 0 Å². The van der Waals surface area contributed by atoms with Gasteiger partial charge in [0.2, 0.25) is 11.8 Å². The van der Waals surface area contributed by atoms with E-state index in [0.717, 1.165) is 24.3 Å². The van der Waals surface area contributed by atoms with Crippen molar-refractivity contribution < 1.29 is 9.59 Å². The maximum Gasteiger partial charge on any atom is 0.221 e. The van der Waals surface area contributed by atoms with E-state index in [1.54, 1.807) is 0 Å². The van der Waals surface area contributed by atoms with Gasteiger partial charge in [0.15, 0.2) is 0 Å². The quantitative estimate of drug-likeness (QED) is 0.761. The van der Waals surface area contributed by atoms with Crippen molar-refractivity contribution in [2.24, 2.45) is 5.92 Å². The lowest BCUT2D eigenvalue weighted by molar-refractivity contribution is -0.123. The fourth-order valence-corrected chi connectivity index (χ4v) is 2.23. The molecular weight excluding hydrogens is 254 g/mol. The number of hydrogen-bond donors (Lipinski definition) is 3. The first-order valence-corrected chi connectivity index (χ1v) is 6.92. The number of carbonyl (C=O) groups excluding carboxylic acids is 2. The molecule has 1 fully saturated rings. The number of anilines is 1. The van der Waals surface area contributed by atoms with E-state index in [4.69, 9.17) is 0 Å². The number of carbonyl (C=O) groups is 2. The second-order valence-corrected chi connectivity index (χ2v) is 5.32. The minimum atomic E-state index is -0.101. The Balaban J connectivity index is 1.91. The van der Waals surface area contributed by atoms with E-state index in [1.807, 2.05) is 31.2 Å². The molecule has 108 valence electrons. The molecule has 3 N–H and O–H groups in total. The lowest BCUT2D eigenvalue weighted by Gasteiger charge is -2.27. The highest BCUT2D eigenvalue weighted by Crippen LogP contribution is 2.18. The average molecular weight is 275 g/mol. The summed E-state index contributed by atoms with van der Waals surface area (Å²) in [5, 5.41) is 8.90. The fraction of sp³-hybridized carbons (Fsp3) is 0.467. The molecule has 1 aromatic carbocycles. The van der Waals surface area contributed by atoms with Crippen LogP contribution in [0, 0.1) is 5.92 Å². The number of nitrogens with one attached hydrogen (secondary N) is 3. The van der Waals surface area contributed by atoms with Crippen molar-refractivity contribution in [3.8, 4) is 0 Å². The Labute approximate surface area is 119 Å². The van der Waals surface area contributed by atoms with Gasteiger partial charge in [0.05, 0.1) is 6.04 Å². The summed E-state index contributed by atoms with van der Waals surface area (Å²) in [6.45, 7) is 5.29. The molecule has 1 atom stereocenters. The molecule has 2 amide bonds. The van der Waals surface area contributed by atoms with Crippen molar-refractivity contribution in [3.05, 3.63) is 29.8 Å². The molecule has 1 saturated heterocycles. The highest BCUT2D eigenvalue weighted by molar-refractivity contribution is 5.88. The van der Waals surface area contributed by atoms with Crippen LogP contribution in [-0.4, -0.2) is 24.9 Å². The first kappa shape index (κ1) is 14.5. The van der Waals surface area contributed by atoms with E-state index in [9.17, 15) is 9.59 Å². The molecule has 0 saturated carbocycles. The van der Waals surface area contributed by atoms with Gasteiger partial charge in [0, 0.05) is 19.0 Å². The maximum absolute atomic E-state index is 11.9. The summed E-state index contributed by atoms with van der Waals surface area (Å²) < 4.78 is 0. The number of amides is 2. The van der Waals surface area contributed by atoms with Crippen molar-refractivity contribution in [2.45, 2.75) is 26.3 Å². The Bertz CT molecular complexity index is 498. The number of benzene rings is 1. The van der Waals surface area contributed by atoms with Crippen LogP contribution in [-0.2, 0) is 9.59 Å². The van der Waals surface area contributed by atoms with Gasteiger partial charge in [-0.25, -0.2) is 0 Å². The first-order chi connectivity index (χ1) is 9.54. The summed E-state index contributed by atoms with van der Waals surface area (Å²) in [4.78, 5) is 22.9. The molecule has 1 aromatic rings. The number of hydrogen-bond acceptors (Lipinski definition) is 3. The molecule has 2 rings (SSSR count). The molecule has 1 aliphatic rings. The zero-order valence-electron chi connectivity index (χ0n) is 11.9. The summed E-state index contributed by atoms with van der Waals surface area (Å²) in [6, 6.07) is 7.47. The fourth-order valence-electron chi connectivity index (χ4n) is 2.23. The van der Waals surface area contributed by atoms with Gasteiger partial charge in [-0.1, -0.05) is 12.1 Å². The molecule has 5 heteroatoms. The zero-order valence-corrected chi connectivity index (χ0v) is 11.9. The van der Waals surface area contributed by atoms with Crippen molar-refractivity contribution in [1.82, 2.24) is 10.6 Å². The highest BCUT2D eigenvalue weighted by Gasteiger charge is 2.21. The standard InChI is InChI=1S/C15H21N3O2/c1-10(17-15(20)6-12-8-16-9-12)13-4-3-5-14(7-13)18-11(2)19/h3-5,7,10,12,16H,6,8-9H2,1-2H3,(H,17,20)(H,18,19). The molecule has 1 heterocycles. The zero-order chi connectivity index (χ0) is 14.5. The molecule has 20 heavy (non-hydrogen) atoms. The van der Waals surface area contributed by atoms with E-state index in [-0.39, 0.29) is 17.9 Å². The van der Waals surface area contributed by atoms with Crippen molar-refractivity contribution in [1.29, 1.82) is 0 Å². The van der Waals surface area contributed by atoms with Crippen molar-refractivity contribution >= 4 is 17.5 Å². The predicted molar refractivity (Wildman–Crippen MR) is 78.3 cm³/mol. The normalized spacial score (nSPS) is 16.1. The third kappa shape index (κ3) is 4.06. The molecule has 1 unspecified atom stereocenters. The van der Waals surface area contributed by atoms with Crippen LogP contribution in [0.25, 0.3) is 0 Å². The van der Waals surface area contributed by atoms with Gasteiger partial charge in [0.1, 0.15) is 0 Å². The first-order valence-electron chi connectivity index (χ1n) is 6.92. The van der Waals surface area contributed by atoms with E-state index in [0.29, 0.717) is 12.3 Å². The topological polar surface area (TPSA) is 70.2 Å². The third-order valence-corrected chi connectivity index (χ3v) is 3.42. The van der Waals surface area contributed by atoms with Gasteiger partial charge in [-0.3, -0.25) is 9.59 Å². The summed E-state index contributed by atoms with van der Waals surface area (Å²) in [5.41, 5.74) is 1.73. The molecule has 0 spiro atoms. The van der Waals surface area contributed by atoms with Crippen LogP contribution >= 0.6 is 0 Å². The third-order valence-electron chi connectivity index (χ3n) is 3.42. The molecule has 0 bridgehead atoms. The molecule has 0 radical (unpaired) electrons. The highest BCUT2D eigenvalue weighted by atomic mass is 16.2. The average Bonchev–Trinajstić information content (AvgIpc) is 2.33. The second-order valence-electron chi connectivity index (χ2n) is 5.32. The van der Waals surface area contributed by atoms with E-state index in [2.05, 4.69) is 16.0 Å². The Morgan fingerprint density at radius 1 is 1.40 bits per heavy atom. The largest absolute Gasteiger partial charge is 0.350 e. The Kier molecular flexibility index (Phi) is 4.74. The van der Waals surface area contributed by atoms with Crippen LogP contribution in [0.4, 0.5) is 5.69 Å². The molecule has 0 aromatic heterocycles. The number of rotatable bonds is 5. The van der Waals surface area contributed by atoms with Crippen LogP contribution in [0.1, 0.15) is 31.9 Å². The summed E-state index contributed by atoms with van der Waals surface area (Å²) in [5.74, 6) is 0.443. The van der Waals surface area contributed by atoms with Crippen LogP contribution in [0.15, 0.2) is 24.3 Å².